The first-order valence-electron chi connectivity index (χ1n) is 4.54. The van der Waals surface area contributed by atoms with Gasteiger partial charge in [0.15, 0.2) is 0 Å². The first-order chi connectivity index (χ1) is 6.48. The molecule has 0 radical (unpaired) electrons. The van der Waals surface area contributed by atoms with E-state index in [1.807, 2.05) is 6.07 Å². The lowest BCUT2D eigenvalue weighted by Gasteiger charge is -2.21. The van der Waals surface area contributed by atoms with E-state index in [2.05, 4.69) is 35.1 Å². The van der Waals surface area contributed by atoms with Gasteiger partial charge >= 0.3 is 0 Å². The highest BCUT2D eigenvalue weighted by atomic mass is 79.9. The standard InChI is InChI=1S/C10H12BrNOS/c1-10(2)4-7-6(3-8(11)14-7)9(13)12-5-10/h3H,4-5H2,1-2H3,(H,12,13). The first-order valence-corrected chi connectivity index (χ1v) is 6.15. The summed E-state index contributed by atoms with van der Waals surface area (Å²) in [6, 6.07) is 1.91. The van der Waals surface area contributed by atoms with Gasteiger partial charge in [0.2, 0.25) is 0 Å². The van der Waals surface area contributed by atoms with Crippen molar-refractivity contribution >= 4 is 33.2 Å². The van der Waals surface area contributed by atoms with Gasteiger partial charge < -0.3 is 5.32 Å². The van der Waals surface area contributed by atoms with Gasteiger partial charge in [-0.05, 0) is 33.8 Å². The third-order valence-electron chi connectivity index (χ3n) is 2.39. The quantitative estimate of drug-likeness (QED) is 0.774. The molecule has 0 aromatic carbocycles. The fraction of sp³-hybridized carbons (Fsp3) is 0.500. The van der Waals surface area contributed by atoms with Gasteiger partial charge in [0.25, 0.3) is 5.91 Å². The number of fused-ring (bicyclic) bond motifs is 1. The molecule has 0 unspecified atom stereocenters. The van der Waals surface area contributed by atoms with Crippen LogP contribution >= 0.6 is 27.3 Å². The number of nitrogens with one attached hydrogen (secondary N) is 1. The van der Waals surface area contributed by atoms with Crippen molar-refractivity contribution in [2.75, 3.05) is 6.54 Å². The van der Waals surface area contributed by atoms with E-state index in [-0.39, 0.29) is 11.3 Å². The Morgan fingerprint density at radius 2 is 2.29 bits per heavy atom. The van der Waals surface area contributed by atoms with Gasteiger partial charge in [-0.1, -0.05) is 13.8 Å². The summed E-state index contributed by atoms with van der Waals surface area (Å²) in [5, 5.41) is 2.95. The molecule has 2 rings (SSSR count). The molecule has 1 aliphatic heterocycles. The molecule has 0 saturated carbocycles. The lowest BCUT2D eigenvalue weighted by atomic mass is 9.89. The van der Waals surface area contributed by atoms with Gasteiger partial charge in [-0.25, -0.2) is 0 Å². The Hall–Kier alpha value is -0.350. The molecule has 4 heteroatoms. The van der Waals surface area contributed by atoms with Crippen LogP contribution in [0.1, 0.15) is 29.1 Å². The molecule has 1 amide bonds. The van der Waals surface area contributed by atoms with Crippen LogP contribution in [-0.4, -0.2) is 12.5 Å². The van der Waals surface area contributed by atoms with Crippen LogP contribution in [0.15, 0.2) is 9.85 Å². The molecule has 0 bridgehead atoms. The topological polar surface area (TPSA) is 29.1 Å². The van der Waals surface area contributed by atoms with Crippen molar-refractivity contribution in [1.29, 1.82) is 0 Å². The molecule has 1 aliphatic rings. The Morgan fingerprint density at radius 1 is 1.57 bits per heavy atom. The highest BCUT2D eigenvalue weighted by molar-refractivity contribution is 9.11. The molecule has 0 saturated heterocycles. The summed E-state index contributed by atoms with van der Waals surface area (Å²) >= 11 is 5.09. The van der Waals surface area contributed by atoms with Gasteiger partial charge in [-0.3, -0.25) is 4.79 Å². The maximum atomic E-state index is 11.7. The highest BCUT2D eigenvalue weighted by Gasteiger charge is 2.28. The average Bonchev–Trinajstić information content (AvgIpc) is 2.37. The van der Waals surface area contributed by atoms with Crippen molar-refractivity contribution in [3.05, 3.63) is 20.3 Å². The summed E-state index contributed by atoms with van der Waals surface area (Å²) in [6.07, 6.45) is 0.970. The van der Waals surface area contributed by atoms with Crippen LogP contribution in [0.25, 0.3) is 0 Å². The number of hydrogen-bond acceptors (Lipinski definition) is 2. The smallest absolute Gasteiger partial charge is 0.252 e. The van der Waals surface area contributed by atoms with Gasteiger partial charge in [-0.2, -0.15) is 0 Å². The Kier molecular flexibility index (Phi) is 2.43. The minimum atomic E-state index is 0.0625. The lowest BCUT2D eigenvalue weighted by Crippen LogP contribution is -2.31. The molecule has 2 heterocycles. The van der Waals surface area contributed by atoms with Gasteiger partial charge in [0.05, 0.1) is 9.35 Å². The van der Waals surface area contributed by atoms with Gasteiger partial charge in [0, 0.05) is 11.4 Å². The third-order valence-corrected chi connectivity index (χ3v) is 4.03. The van der Waals surface area contributed by atoms with Crippen LogP contribution in [0.4, 0.5) is 0 Å². The number of rotatable bonds is 0. The van der Waals surface area contributed by atoms with E-state index in [1.54, 1.807) is 11.3 Å². The first kappa shape index (κ1) is 10.2. The van der Waals surface area contributed by atoms with Crippen molar-refractivity contribution in [3.63, 3.8) is 0 Å². The minimum Gasteiger partial charge on any atom is -0.351 e. The van der Waals surface area contributed by atoms with E-state index in [0.29, 0.717) is 0 Å². The van der Waals surface area contributed by atoms with Crippen LogP contribution in [-0.2, 0) is 6.42 Å². The summed E-state index contributed by atoms with van der Waals surface area (Å²) in [7, 11) is 0. The zero-order valence-electron chi connectivity index (χ0n) is 8.19. The molecule has 76 valence electrons. The summed E-state index contributed by atoms with van der Waals surface area (Å²) in [5.74, 6) is 0.0625. The van der Waals surface area contributed by atoms with Crippen molar-refractivity contribution in [1.82, 2.24) is 5.32 Å². The number of carbonyl (C=O) groups excluding carboxylic acids is 1. The average molecular weight is 274 g/mol. The summed E-state index contributed by atoms with van der Waals surface area (Å²) < 4.78 is 1.04. The molecule has 0 atom stereocenters. The Morgan fingerprint density at radius 3 is 3.00 bits per heavy atom. The maximum Gasteiger partial charge on any atom is 0.252 e. The summed E-state index contributed by atoms with van der Waals surface area (Å²) in [5.41, 5.74) is 0.998. The number of carbonyl (C=O) groups is 1. The van der Waals surface area contributed by atoms with Crippen LogP contribution in [0.5, 0.6) is 0 Å². The second-order valence-corrected chi connectivity index (χ2v) is 6.93. The minimum absolute atomic E-state index is 0.0625. The zero-order valence-corrected chi connectivity index (χ0v) is 10.6. The van der Waals surface area contributed by atoms with Crippen molar-refractivity contribution in [3.8, 4) is 0 Å². The molecular weight excluding hydrogens is 262 g/mol. The van der Waals surface area contributed by atoms with Crippen molar-refractivity contribution in [2.45, 2.75) is 20.3 Å². The summed E-state index contributed by atoms with van der Waals surface area (Å²) in [4.78, 5) is 12.9. The zero-order chi connectivity index (χ0) is 10.3. The van der Waals surface area contributed by atoms with Crippen molar-refractivity contribution < 1.29 is 4.79 Å². The second kappa shape index (κ2) is 3.35. The molecule has 1 aromatic rings. The van der Waals surface area contributed by atoms with Crippen LogP contribution in [0.2, 0.25) is 0 Å². The van der Waals surface area contributed by atoms with Crippen LogP contribution < -0.4 is 5.32 Å². The van der Waals surface area contributed by atoms with Gasteiger partial charge in [-0.15, -0.1) is 11.3 Å². The molecule has 2 nitrogen and oxygen atoms in total. The SMILES string of the molecule is CC1(C)CNC(=O)c2cc(Br)sc2C1. The van der Waals surface area contributed by atoms with Crippen molar-refractivity contribution in [2.24, 2.45) is 5.41 Å². The lowest BCUT2D eigenvalue weighted by molar-refractivity contribution is 0.0945. The molecular formula is C10H12BrNOS. The molecule has 1 aromatic heterocycles. The fourth-order valence-electron chi connectivity index (χ4n) is 1.63. The summed E-state index contributed by atoms with van der Waals surface area (Å²) in [6.45, 7) is 5.11. The normalized spacial score (nSPS) is 19.8. The molecule has 14 heavy (non-hydrogen) atoms. The van der Waals surface area contributed by atoms with Crippen LogP contribution in [0, 0.1) is 5.41 Å². The number of thiophene rings is 1. The highest BCUT2D eigenvalue weighted by Crippen LogP contribution is 2.34. The van der Waals surface area contributed by atoms with E-state index in [0.717, 1.165) is 22.3 Å². The largest absolute Gasteiger partial charge is 0.351 e. The van der Waals surface area contributed by atoms with E-state index in [1.165, 1.54) is 4.88 Å². The van der Waals surface area contributed by atoms with E-state index in [9.17, 15) is 4.79 Å². The molecule has 0 spiro atoms. The Bertz CT molecular complexity index is 383. The number of amides is 1. The van der Waals surface area contributed by atoms with E-state index in [4.69, 9.17) is 0 Å². The number of halogens is 1. The van der Waals surface area contributed by atoms with E-state index < -0.39 is 0 Å². The predicted molar refractivity (Wildman–Crippen MR) is 61.8 cm³/mol. The maximum absolute atomic E-state index is 11.7. The van der Waals surface area contributed by atoms with Crippen LogP contribution in [0.3, 0.4) is 0 Å². The Balaban J connectivity index is 2.45. The fourth-order valence-corrected chi connectivity index (χ4v) is 3.58. The predicted octanol–water partition coefficient (Wildman–Crippen LogP) is 2.82. The van der Waals surface area contributed by atoms with E-state index >= 15 is 0 Å². The second-order valence-electron chi connectivity index (χ2n) is 4.41. The Labute approximate surface area is 95.8 Å². The molecule has 1 N–H and O–H groups in total. The van der Waals surface area contributed by atoms with Gasteiger partial charge in [0.1, 0.15) is 0 Å². The molecule has 0 aliphatic carbocycles. The number of hydrogen-bond donors (Lipinski definition) is 1. The molecule has 0 fully saturated rings. The monoisotopic (exact) mass is 273 g/mol. The third kappa shape index (κ3) is 1.86.